The predicted molar refractivity (Wildman–Crippen MR) is 105 cm³/mol. The van der Waals surface area contributed by atoms with Crippen LogP contribution in [0.1, 0.15) is 34.3 Å². The van der Waals surface area contributed by atoms with E-state index < -0.39 is 5.91 Å². The van der Waals surface area contributed by atoms with Crippen LogP contribution in [0.15, 0.2) is 46.9 Å². The lowest BCUT2D eigenvalue weighted by atomic mass is 10.1. The third kappa shape index (κ3) is 3.64. The highest BCUT2D eigenvalue weighted by atomic mass is 16.4. The first-order chi connectivity index (χ1) is 13.9. The zero-order chi connectivity index (χ0) is 20.5. The molecule has 1 aliphatic heterocycles. The van der Waals surface area contributed by atoms with Gasteiger partial charge in [-0.25, -0.2) is 0 Å². The Hall–Kier alpha value is -3.81. The summed E-state index contributed by atoms with van der Waals surface area (Å²) in [4.78, 5) is 37.2. The molecule has 0 spiro atoms. The third-order valence-electron chi connectivity index (χ3n) is 4.71. The molecule has 8 nitrogen and oxygen atoms in total. The number of aryl methyl sites for hydroxylation is 2. The van der Waals surface area contributed by atoms with Crippen molar-refractivity contribution in [2.75, 3.05) is 10.2 Å². The van der Waals surface area contributed by atoms with Gasteiger partial charge in [0.15, 0.2) is 0 Å². The number of carbonyl (C=O) groups excluding carboxylic acids is 3. The Balaban J connectivity index is 1.49. The van der Waals surface area contributed by atoms with Crippen LogP contribution in [0.5, 0.6) is 0 Å². The van der Waals surface area contributed by atoms with Crippen LogP contribution in [0, 0.1) is 13.8 Å². The smallest absolute Gasteiger partial charge is 0.322 e. The molecule has 0 saturated carbocycles. The normalized spacial score (nSPS) is 13.8. The maximum Gasteiger partial charge on any atom is 0.322 e. The number of amides is 3. The van der Waals surface area contributed by atoms with Crippen LogP contribution >= 0.6 is 0 Å². The summed E-state index contributed by atoms with van der Waals surface area (Å²) in [7, 11) is 0. The summed E-state index contributed by atoms with van der Waals surface area (Å²) in [5.74, 6) is -0.594. The molecule has 1 fully saturated rings. The first-order valence-electron chi connectivity index (χ1n) is 9.11. The van der Waals surface area contributed by atoms with E-state index in [9.17, 15) is 14.4 Å². The summed E-state index contributed by atoms with van der Waals surface area (Å²) >= 11 is 0. The lowest BCUT2D eigenvalue weighted by Crippen LogP contribution is -2.28. The number of imide groups is 1. The Kier molecular flexibility index (Phi) is 4.67. The molecule has 1 N–H and O–H groups in total. The van der Waals surface area contributed by atoms with Crippen LogP contribution in [0.3, 0.4) is 0 Å². The van der Waals surface area contributed by atoms with Crippen LogP contribution in [0.2, 0.25) is 0 Å². The van der Waals surface area contributed by atoms with Crippen molar-refractivity contribution < 1.29 is 18.8 Å². The molecule has 3 aromatic rings. The van der Waals surface area contributed by atoms with E-state index in [0.29, 0.717) is 17.1 Å². The fourth-order valence-corrected chi connectivity index (χ4v) is 3.14. The molecule has 2 aromatic carbocycles. The lowest BCUT2D eigenvalue weighted by Gasteiger charge is -2.13. The van der Waals surface area contributed by atoms with Gasteiger partial charge in [-0.2, -0.15) is 0 Å². The summed E-state index contributed by atoms with van der Waals surface area (Å²) in [6.45, 7) is 3.91. The SMILES string of the molecule is Cc1ccc(C)c(-c2nnc(NC(=O)c3ccc(N4C(=O)CCC4=O)cc3)o2)c1. The Bertz CT molecular complexity index is 1100. The van der Waals surface area contributed by atoms with Gasteiger partial charge in [-0.15, -0.1) is 5.10 Å². The quantitative estimate of drug-likeness (QED) is 0.686. The highest BCUT2D eigenvalue weighted by Gasteiger charge is 2.30. The van der Waals surface area contributed by atoms with Crippen molar-refractivity contribution in [3.8, 4) is 11.5 Å². The van der Waals surface area contributed by atoms with Crippen molar-refractivity contribution in [2.24, 2.45) is 0 Å². The zero-order valence-electron chi connectivity index (χ0n) is 15.9. The monoisotopic (exact) mass is 390 g/mol. The van der Waals surface area contributed by atoms with Crippen LogP contribution in [0.4, 0.5) is 11.7 Å². The van der Waals surface area contributed by atoms with Crippen LogP contribution in [-0.4, -0.2) is 27.9 Å². The van der Waals surface area contributed by atoms with Crippen molar-refractivity contribution >= 4 is 29.4 Å². The number of hydrogen-bond acceptors (Lipinski definition) is 6. The highest BCUT2D eigenvalue weighted by molar-refractivity contribution is 6.20. The lowest BCUT2D eigenvalue weighted by molar-refractivity contribution is -0.121. The highest BCUT2D eigenvalue weighted by Crippen LogP contribution is 2.25. The second-order valence-electron chi connectivity index (χ2n) is 6.85. The van der Waals surface area contributed by atoms with Gasteiger partial charge in [-0.05, 0) is 49.7 Å². The van der Waals surface area contributed by atoms with E-state index in [1.54, 1.807) is 12.1 Å². The molecule has 0 radical (unpaired) electrons. The van der Waals surface area contributed by atoms with Crippen molar-refractivity contribution in [3.05, 3.63) is 59.2 Å². The Labute approximate surface area is 166 Å². The van der Waals surface area contributed by atoms with Gasteiger partial charge in [0, 0.05) is 24.0 Å². The minimum Gasteiger partial charge on any atom is -0.403 e. The number of nitrogens with zero attached hydrogens (tertiary/aromatic N) is 3. The number of rotatable bonds is 4. The Morgan fingerprint density at radius 1 is 1.00 bits per heavy atom. The summed E-state index contributed by atoms with van der Waals surface area (Å²) in [6, 6.07) is 12.1. The van der Waals surface area contributed by atoms with E-state index in [1.807, 2.05) is 32.0 Å². The first-order valence-corrected chi connectivity index (χ1v) is 9.11. The molecule has 1 aliphatic rings. The second kappa shape index (κ2) is 7.31. The van der Waals surface area contributed by atoms with E-state index in [1.165, 1.54) is 12.1 Å². The molecule has 0 aliphatic carbocycles. The van der Waals surface area contributed by atoms with Crippen LogP contribution in [-0.2, 0) is 9.59 Å². The standard InChI is InChI=1S/C21H18N4O4/c1-12-3-4-13(2)16(11-12)20-23-24-21(29-20)22-19(28)14-5-7-15(8-6-14)25-17(26)9-10-18(25)27/h3-8,11H,9-10H2,1-2H3,(H,22,24,28). The second-order valence-corrected chi connectivity index (χ2v) is 6.85. The topological polar surface area (TPSA) is 105 Å². The maximum atomic E-state index is 12.5. The molecule has 0 atom stereocenters. The van der Waals surface area contributed by atoms with Gasteiger partial charge < -0.3 is 4.42 Å². The van der Waals surface area contributed by atoms with E-state index in [4.69, 9.17) is 4.42 Å². The van der Waals surface area contributed by atoms with Crippen molar-refractivity contribution in [1.29, 1.82) is 0 Å². The number of nitrogens with one attached hydrogen (secondary N) is 1. The van der Waals surface area contributed by atoms with Gasteiger partial charge >= 0.3 is 6.01 Å². The molecule has 0 bridgehead atoms. The minimum absolute atomic E-state index is 0.0140. The molecule has 2 heterocycles. The van der Waals surface area contributed by atoms with Gasteiger partial charge in [-0.1, -0.05) is 22.8 Å². The number of carbonyl (C=O) groups is 3. The van der Waals surface area contributed by atoms with Gasteiger partial charge in [0.1, 0.15) is 0 Å². The van der Waals surface area contributed by atoms with Gasteiger partial charge in [0.05, 0.1) is 5.69 Å². The van der Waals surface area contributed by atoms with Crippen molar-refractivity contribution in [1.82, 2.24) is 10.2 Å². The zero-order valence-corrected chi connectivity index (χ0v) is 15.9. The number of aromatic nitrogens is 2. The molecular formula is C21H18N4O4. The molecule has 29 heavy (non-hydrogen) atoms. The van der Waals surface area contributed by atoms with E-state index in [-0.39, 0.29) is 30.7 Å². The molecule has 1 aromatic heterocycles. The van der Waals surface area contributed by atoms with E-state index >= 15 is 0 Å². The summed E-state index contributed by atoms with van der Waals surface area (Å²) in [6.07, 6.45) is 0.419. The molecule has 0 unspecified atom stereocenters. The van der Waals surface area contributed by atoms with Gasteiger partial charge in [-0.3, -0.25) is 24.6 Å². The number of hydrogen-bond donors (Lipinski definition) is 1. The summed E-state index contributed by atoms with van der Waals surface area (Å²) < 4.78 is 5.58. The number of anilines is 2. The average Bonchev–Trinajstić information content (AvgIpc) is 3.30. The molecule has 1 saturated heterocycles. The minimum atomic E-state index is -0.438. The largest absolute Gasteiger partial charge is 0.403 e. The molecule has 3 amide bonds. The number of benzene rings is 2. The molecule has 8 heteroatoms. The molecule has 146 valence electrons. The van der Waals surface area contributed by atoms with E-state index in [2.05, 4.69) is 15.5 Å². The van der Waals surface area contributed by atoms with E-state index in [0.717, 1.165) is 21.6 Å². The van der Waals surface area contributed by atoms with Gasteiger partial charge in [0.2, 0.25) is 17.7 Å². The van der Waals surface area contributed by atoms with Crippen molar-refractivity contribution in [2.45, 2.75) is 26.7 Å². The maximum absolute atomic E-state index is 12.5. The summed E-state index contributed by atoms with van der Waals surface area (Å²) in [5.41, 5.74) is 3.63. The Morgan fingerprint density at radius 3 is 2.38 bits per heavy atom. The predicted octanol–water partition coefficient (Wildman–Crippen LogP) is 3.26. The Morgan fingerprint density at radius 2 is 1.69 bits per heavy atom. The fourth-order valence-electron chi connectivity index (χ4n) is 3.14. The molecular weight excluding hydrogens is 372 g/mol. The van der Waals surface area contributed by atoms with Crippen molar-refractivity contribution in [3.63, 3.8) is 0 Å². The first kappa shape index (κ1) is 18.5. The van der Waals surface area contributed by atoms with Crippen LogP contribution in [0.25, 0.3) is 11.5 Å². The van der Waals surface area contributed by atoms with Crippen LogP contribution < -0.4 is 10.2 Å². The average molecular weight is 390 g/mol. The molecule has 4 rings (SSSR count). The third-order valence-corrected chi connectivity index (χ3v) is 4.71. The van der Waals surface area contributed by atoms with Gasteiger partial charge in [0.25, 0.3) is 5.91 Å². The summed E-state index contributed by atoms with van der Waals surface area (Å²) in [5, 5.41) is 10.5. The fraction of sp³-hybridized carbons (Fsp3) is 0.190.